The van der Waals surface area contributed by atoms with Crippen molar-refractivity contribution in [1.82, 2.24) is 9.13 Å². The van der Waals surface area contributed by atoms with Crippen LogP contribution in [0.2, 0.25) is 0 Å². The summed E-state index contributed by atoms with van der Waals surface area (Å²) in [6, 6.07) is 129. The molecule has 0 saturated heterocycles. The highest BCUT2D eigenvalue weighted by atomic mass is 15.2. The van der Waals surface area contributed by atoms with Gasteiger partial charge in [0.15, 0.2) is 0 Å². The van der Waals surface area contributed by atoms with Gasteiger partial charge in [-0.25, -0.2) is 0 Å². The molecule has 0 spiro atoms. The Hall–Kier alpha value is -12.2. The van der Waals surface area contributed by atoms with Gasteiger partial charge in [0.1, 0.15) is 0 Å². The highest BCUT2D eigenvalue weighted by Gasteiger charge is 2.28. The maximum Gasteiger partial charge on any atom is 0.0619 e. The Balaban J connectivity index is 0.897. The average molecular weight is 1170 g/mol. The van der Waals surface area contributed by atoms with Gasteiger partial charge in [0.05, 0.1) is 45.2 Å². The maximum absolute atomic E-state index is 2.52. The lowest BCUT2D eigenvalue weighted by molar-refractivity contribution is 1.13. The minimum atomic E-state index is 1.06. The van der Waals surface area contributed by atoms with Crippen LogP contribution in [0, 0.1) is 0 Å². The molecule has 2 aromatic heterocycles. The third kappa shape index (κ3) is 8.53. The Morgan fingerprint density at radius 3 is 0.924 bits per heavy atom. The Kier molecular flexibility index (Phi) is 12.5. The van der Waals surface area contributed by atoms with E-state index in [2.05, 4.69) is 371 Å². The minimum Gasteiger partial charge on any atom is -0.309 e. The molecule has 16 aromatic carbocycles. The lowest BCUT2D eigenvalue weighted by Crippen LogP contribution is -2.12. The van der Waals surface area contributed by atoms with Crippen LogP contribution in [0.4, 0.5) is 34.1 Å². The fraction of sp³-hybridized carbons (Fsp3) is 0. The van der Waals surface area contributed by atoms with Crippen LogP contribution in [0.15, 0.2) is 352 Å². The summed E-state index contributed by atoms with van der Waals surface area (Å²) in [5.41, 5.74) is 20.3. The molecule has 18 aromatic rings. The quantitative estimate of drug-likeness (QED) is 0.113. The first-order valence-electron chi connectivity index (χ1n) is 31.7. The summed E-state index contributed by atoms with van der Waals surface area (Å²) >= 11 is 0. The van der Waals surface area contributed by atoms with Crippen molar-refractivity contribution in [2.75, 3.05) is 9.80 Å². The molecule has 0 aliphatic heterocycles. The molecule has 92 heavy (non-hydrogen) atoms. The van der Waals surface area contributed by atoms with Crippen LogP contribution in [0.5, 0.6) is 0 Å². The highest BCUT2D eigenvalue weighted by Crippen LogP contribution is 2.53. The summed E-state index contributed by atoms with van der Waals surface area (Å²) in [5.74, 6) is 0. The first-order chi connectivity index (χ1) is 45.7. The van der Waals surface area contributed by atoms with Crippen LogP contribution >= 0.6 is 0 Å². The van der Waals surface area contributed by atoms with E-state index < -0.39 is 0 Å². The summed E-state index contributed by atoms with van der Waals surface area (Å²) in [4.78, 5) is 5.04. The molecule has 4 heteroatoms. The molecule has 0 fully saturated rings. The predicted molar refractivity (Wildman–Crippen MR) is 390 cm³/mol. The summed E-state index contributed by atoms with van der Waals surface area (Å²) in [7, 11) is 0. The van der Waals surface area contributed by atoms with Crippen LogP contribution in [0.25, 0.3) is 132 Å². The van der Waals surface area contributed by atoms with Crippen LogP contribution in [0.1, 0.15) is 0 Å². The zero-order valence-corrected chi connectivity index (χ0v) is 50.3. The molecule has 0 unspecified atom stereocenters. The fourth-order valence-electron chi connectivity index (χ4n) is 14.8. The molecule has 0 bridgehead atoms. The number of para-hydroxylation sites is 2. The van der Waals surface area contributed by atoms with Gasteiger partial charge in [-0.1, -0.05) is 279 Å². The third-order valence-electron chi connectivity index (χ3n) is 18.8. The van der Waals surface area contributed by atoms with Crippen LogP contribution in [0.3, 0.4) is 0 Å². The van der Waals surface area contributed by atoms with Gasteiger partial charge in [-0.2, -0.15) is 0 Å². The van der Waals surface area contributed by atoms with E-state index in [1.54, 1.807) is 0 Å². The van der Waals surface area contributed by atoms with Gasteiger partial charge in [-0.3, -0.25) is 0 Å². The molecule has 0 atom stereocenters. The topological polar surface area (TPSA) is 16.3 Å². The molecule has 4 nitrogen and oxygen atoms in total. The number of hydrogen-bond donors (Lipinski definition) is 0. The lowest BCUT2D eigenvalue weighted by Gasteiger charge is -2.30. The van der Waals surface area contributed by atoms with Gasteiger partial charge in [0.25, 0.3) is 0 Å². The van der Waals surface area contributed by atoms with Gasteiger partial charge in [0.2, 0.25) is 0 Å². The molecule has 0 aliphatic rings. The number of aromatic nitrogens is 2. The molecule has 0 radical (unpaired) electrons. The van der Waals surface area contributed by atoms with Gasteiger partial charge in [-0.15, -0.1) is 0 Å². The summed E-state index contributed by atoms with van der Waals surface area (Å²) in [6.45, 7) is 0. The second-order valence-corrected chi connectivity index (χ2v) is 23.9. The lowest BCUT2D eigenvalue weighted by atomic mass is 9.91. The first-order valence-corrected chi connectivity index (χ1v) is 31.7. The standard InChI is InChI=1S/C88H58N4/c1-7-27-61(28-8-1)85-75-53-49-69(57-81(75)91(67-37-15-5-16-38-67)87(85)65-31-11-3-12-32-65)89(77-43-23-35-59-25-19-21-41-71(59)77)79-55-47-63-46-52-74-80(56-48-64-45-51-73(79)83(63)84(64)74)90(78-44-24-36-60-26-20-22-42-72(60)78)70-50-54-76-82(58-70)92(68-39-17-6-18-40-68)88(66-33-13-4-14-34-66)86(76)62-29-9-2-10-30-62/h1-58H. The minimum absolute atomic E-state index is 1.06. The Morgan fingerprint density at radius 1 is 0.207 bits per heavy atom. The summed E-state index contributed by atoms with van der Waals surface area (Å²) in [5, 5.41) is 14.2. The monoisotopic (exact) mass is 1170 g/mol. The fourth-order valence-corrected chi connectivity index (χ4v) is 14.8. The second kappa shape index (κ2) is 21.8. The molecular weight excluding hydrogens is 1110 g/mol. The molecule has 18 rings (SSSR count). The van der Waals surface area contributed by atoms with E-state index in [9.17, 15) is 0 Å². The maximum atomic E-state index is 2.52. The van der Waals surface area contributed by atoms with Gasteiger partial charge in [-0.05, 0) is 127 Å². The number of anilines is 6. The Labute approximate surface area is 533 Å². The van der Waals surface area contributed by atoms with Crippen molar-refractivity contribution in [3.8, 4) is 56.1 Å². The molecule has 2 heterocycles. The van der Waals surface area contributed by atoms with Crippen molar-refractivity contribution >= 4 is 110 Å². The van der Waals surface area contributed by atoms with E-state index in [1.807, 2.05) is 0 Å². The van der Waals surface area contributed by atoms with E-state index in [4.69, 9.17) is 0 Å². The van der Waals surface area contributed by atoms with E-state index in [0.717, 1.165) is 79.0 Å². The SMILES string of the molecule is c1ccc(-c2c(-c3ccccc3)n(-c3ccccc3)c3cc(N(c4cccc5ccccc45)c4ccc5ccc6c(N(c7ccc8c(-c9ccccc9)c(-c9ccccc9)n(-c9ccccc9)c8c7)c7cccc8ccccc78)ccc7ccc4c5c76)ccc23)cc1. The molecule has 0 amide bonds. The van der Waals surface area contributed by atoms with E-state index in [-0.39, 0.29) is 0 Å². The molecule has 0 aliphatic carbocycles. The zero-order chi connectivity index (χ0) is 60.6. The van der Waals surface area contributed by atoms with Crippen molar-refractivity contribution in [3.63, 3.8) is 0 Å². The normalized spacial score (nSPS) is 11.7. The number of nitrogens with zero attached hydrogens (tertiary/aromatic N) is 4. The summed E-state index contributed by atoms with van der Waals surface area (Å²) in [6.07, 6.45) is 0. The Morgan fingerprint density at radius 2 is 0.522 bits per heavy atom. The molecule has 0 saturated carbocycles. The van der Waals surface area contributed by atoms with Crippen LogP contribution in [-0.4, -0.2) is 9.13 Å². The van der Waals surface area contributed by atoms with Crippen molar-refractivity contribution < 1.29 is 0 Å². The first kappa shape index (κ1) is 52.8. The Bertz CT molecular complexity index is 5430. The number of fused-ring (bicyclic) bond motifs is 4. The van der Waals surface area contributed by atoms with Crippen LogP contribution in [-0.2, 0) is 0 Å². The largest absolute Gasteiger partial charge is 0.309 e. The highest BCUT2D eigenvalue weighted by molar-refractivity contribution is 6.29. The number of rotatable bonds is 12. The van der Waals surface area contributed by atoms with E-state index >= 15 is 0 Å². The van der Waals surface area contributed by atoms with Crippen molar-refractivity contribution in [2.24, 2.45) is 0 Å². The average Bonchev–Trinajstić information content (AvgIpc) is 1.16. The van der Waals surface area contributed by atoms with Crippen molar-refractivity contribution in [2.45, 2.75) is 0 Å². The van der Waals surface area contributed by atoms with Crippen LogP contribution < -0.4 is 9.80 Å². The molecular formula is C88H58N4. The third-order valence-corrected chi connectivity index (χ3v) is 18.8. The van der Waals surface area contributed by atoms with E-state index in [0.29, 0.717) is 0 Å². The smallest absolute Gasteiger partial charge is 0.0619 e. The van der Waals surface area contributed by atoms with Gasteiger partial charge in [0, 0.05) is 66.2 Å². The van der Waals surface area contributed by atoms with Gasteiger partial charge >= 0.3 is 0 Å². The summed E-state index contributed by atoms with van der Waals surface area (Å²) < 4.78 is 4.96. The second-order valence-electron chi connectivity index (χ2n) is 23.9. The molecule has 430 valence electrons. The number of hydrogen-bond acceptors (Lipinski definition) is 2. The number of benzene rings is 16. The molecule has 0 N–H and O–H groups in total. The predicted octanol–water partition coefficient (Wildman–Crippen LogP) is 24.4. The van der Waals surface area contributed by atoms with Crippen molar-refractivity contribution in [1.29, 1.82) is 0 Å². The van der Waals surface area contributed by atoms with Gasteiger partial charge < -0.3 is 18.9 Å². The zero-order valence-electron chi connectivity index (χ0n) is 50.3. The van der Waals surface area contributed by atoms with E-state index in [1.165, 1.54) is 86.9 Å². The van der Waals surface area contributed by atoms with Crippen molar-refractivity contribution in [3.05, 3.63) is 352 Å².